The molecular formula is C16H11F4N3O. The Kier molecular flexibility index (Phi) is 3.96. The van der Waals surface area contributed by atoms with Crippen LogP contribution >= 0.6 is 0 Å². The number of rotatable bonds is 3. The number of pyridine rings is 1. The molecule has 0 aliphatic carbocycles. The lowest BCUT2D eigenvalue weighted by molar-refractivity contribution is -0.139. The van der Waals surface area contributed by atoms with Crippen molar-refractivity contribution in [2.24, 2.45) is 0 Å². The normalized spacial score (nSPS) is 11.7. The molecule has 1 N–H and O–H groups in total. The van der Waals surface area contributed by atoms with Crippen molar-refractivity contribution in [3.05, 3.63) is 76.1 Å². The summed E-state index contributed by atoms with van der Waals surface area (Å²) in [6.45, 7) is 0.0313. The molecule has 2 heterocycles. The summed E-state index contributed by atoms with van der Waals surface area (Å²) in [7, 11) is 0. The molecule has 0 atom stereocenters. The molecule has 0 bridgehead atoms. The van der Waals surface area contributed by atoms with Crippen LogP contribution in [-0.2, 0) is 12.7 Å². The number of aromatic nitrogens is 2. The first-order chi connectivity index (χ1) is 11.3. The van der Waals surface area contributed by atoms with E-state index >= 15 is 0 Å². The summed E-state index contributed by atoms with van der Waals surface area (Å²) in [5.74, 6) is -1.34. The largest absolute Gasteiger partial charge is 0.419 e. The van der Waals surface area contributed by atoms with Crippen LogP contribution < -0.4 is 10.9 Å². The second-order valence-corrected chi connectivity index (χ2v) is 5.06. The van der Waals surface area contributed by atoms with Crippen molar-refractivity contribution >= 4 is 11.3 Å². The van der Waals surface area contributed by atoms with E-state index in [-0.39, 0.29) is 17.8 Å². The van der Waals surface area contributed by atoms with Crippen LogP contribution in [0.5, 0.6) is 0 Å². The minimum absolute atomic E-state index is 0.0313. The molecule has 3 rings (SSSR count). The summed E-state index contributed by atoms with van der Waals surface area (Å²) in [5.41, 5.74) is -0.772. The van der Waals surface area contributed by atoms with Crippen LogP contribution in [0.15, 0.2) is 53.5 Å². The first kappa shape index (κ1) is 16.0. The Morgan fingerprint density at radius 1 is 1.12 bits per heavy atom. The second-order valence-electron chi connectivity index (χ2n) is 5.06. The molecule has 0 spiro atoms. The highest BCUT2D eigenvalue weighted by Crippen LogP contribution is 2.33. The molecule has 0 radical (unpaired) electrons. The Morgan fingerprint density at radius 2 is 1.92 bits per heavy atom. The highest BCUT2D eigenvalue weighted by Gasteiger charge is 2.34. The van der Waals surface area contributed by atoms with Gasteiger partial charge >= 0.3 is 6.18 Å². The Balaban J connectivity index is 1.85. The van der Waals surface area contributed by atoms with Gasteiger partial charge in [-0.05, 0) is 30.3 Å². The van der Waals surface area contributed by atoms with Crippen molar-refractivity contribution < 1.29 is 17.6 Å². The van der Waals surface area contributed by atoms with E-state index in [0.29, 0.717) is 17.4 Å². The molecule has 124 valence electrons. The first-order valence-corrected chi connectivity index (χ1v) is 6.92. The van der Waals surface area contributed by atoms with Gasteiger partial charge in [0.2, 0.25) is 0 Å². The predicted molar refractivity (Wildman–Crippen MR) is 80.2 cm³/mol. The molecule has 0 fully saturated rings. The number of hydrogen-bond donors (Lipinski definition) is 1. The number of alkyl halides is 3. The van der Waals surface area contributed by atoms with Crippen LogP contribution in [0.3, 0.4) is 0 Å². The summed E-state index contributed by atoms with van der Waals surface area (Å²) in [6, 6.07) is 8.95. The zero-order valence-corrected chi connectivity index (χ0v) is 12.1. The third-order valence-corrected chi connectivity index (χ3v) is 3.37. The molecule has 24 heavy (non-hydrogen) atoms. The number of halogens is 4. The number of nitrogens with one attached hydrogen (secondary N) is 1. The van der Waals surface area contributed by atoms with E-state index in [1.807, 2.05) is 0 Å². The number of fused-ring (bicyclic) bond motifs is 1. The van der Waals surface area contributed by atoms with Gasteiger partial charge in [0.05, 0.1) is 17.8 Å². The van der Waals surface area contributed by atoms with Crippen molar-refractivity contribution in [1.29, 1.82) is 0 Å². The lowest BCUT2D eigenvalue weighted by Gasteiger charge is -2.11. The zero-order chi connectivity index (χ0) is 17.3. The molecule has 0 aliphatic heterocycles. The summed E-state index contributed by atoms with van der Waals surface area (Å²) in [5, 5.41) is 2.72. The van der Waals surface area contributed by atoms with E-state index < -0.39 is 17.6 Å². The van der Waals surface area contributed by atoms with Gasteiger partial charge in [0.15, 0.2) is 0 Å². The summed E-state index contributed by atoms with van der Waals surface area (Å²) < 4.78 is 52.7. The molecule has 0 unspecified atom stereocenters. The molecule has 0 aliphatic rings. The van der Waals surface area contributed by atoms with Crippen molar-refractivity contribution in [2.75, 3.05) is 5.32 Å². The molecule has 3 aromatic rings. The predicted octanol–water partition coefficient (Wildman–Crippen LogP) is 3.46. The average Bonchev–Trinajstić information content (AvgIpc) is 2.53. The smallest absolute Gasteiger partial charge is 0.379 e. The first-order valence-electron chi connectivity index (χ1n) is 6.92. The minimum Gasteiger partial charge on any atom is -0.379 e. The van der Waals surface area contributed by atoms with Crippen LogP contribution in [0.4, 0.5) is 23.2 Å². The van der Waals surface area contributed by atoms with Crippen LogP contribution in [-0.4, -0.2) is 9.38 Å². The Labute approximate surface area is 133 Å². The molecular weight excluding hydrogens is 326 g/mol. The molecule has 0 saturated carbocycles. The van der Waals surface area contributed by atoms with E-state index in [1.54, 1.807) is 24.4 Å². The van der Waals surface area contributed by atoms with Gasteiger partial charge in [-0.1, -0.05) is 6.07 Å². The van der Waals surface area contributed by atoms with Gasteiger partial charge < -0.3 is 5.32 Å². The van der Waals surface area contributed by atoms with Gasteiger partial charge in [-0.2, -0.15) is 13.2 Å². The van der Waals surface area contributed by atoms with Crippen molar-refractivity contribution in [3.63, 3.8) is 0 Å². The maximum absolute atomic E-state index is 13.3. The molecule has 1 aromatic carbocycles. The van der Waals surface area contributed by atoms with E-state index in [0.717, 1.165) is 6.07 Å². The summed E-state index contributed by atoms with van der Waals surface area (Å²) in [6.07, 6.45) is -3.21. The lowest BCUT2D eigenvalue weighted by atomic mass is 10.2. The van der Waals surface area contributed by atoms with E-state index in [9.17, 15) is 22.4 Å². The van der Waals surface area contributed by atoms with Crippen LogP contribution in [0.2, 0.25) is 0 Å². The molecule has 8 heteroatoms. The standard InChI is InChI=1S/C16H11F4N3O/c17-13-5-4-10(7-12(13)16(18,19)20)21-9-11-8-15(24)23-6-2-1-3-14(23)22-11/h1-8,21H,9H2. The highest BCUT2D eigenvalue weighted by atomic mass is 19.4. The van der Waals surface area contributed by atoms with E-state index in [2.05, 4.69) is 10.3 Å². The fourth-order valence-electron chi connectivity index (χ4n) is 2.24. The fraction of sp³-hybridized carbons (Fsp3) is 0.125. The van der Waals surface area contributed by atoms with Gasteiger partial charge in [0.1, 0.15) is 11.5 Å². The van der Waals surface area contributed by atoms with Crippen molar-refractivity contribution in [3.8, 4) is 0 Å². The molecule has 2 aromatic heterocycles. The van der Waals surface area contributed by atoms with E-state index in [1.165, 1.54) is 16.5 Å². The van der Waals surface area contributed by atoms with Gasteiger partial charge in [-0.3, -0.25) is 9.20 Å². The van der Waals surface area contributed by atoms with Gasteiger partial charge in [-0.25, -0.2) is 9.37 Å². The third kappa shape index (κ3) is 3.22. The summed E-state index contributed by atoms with van der Waals surface area (Å²) >= 11 is 0. The van der Waals surface area contributed by atoms with Crippen molar-refractivity contribution in [2.45, 2.75) is 12.7 Å². The minimum atomic E-state index is -4.78. The van der Waals surface area contributed by atoms with E-state index in [4.69, 9.17) is 0 Å². The Morgan fingerprint density at radius 3 is 2.67 bits per heavy atom. The van der Waals surface area contributed by atoms with Gasteiger partial charge in [-0.15, -0.1) is 0 Å². The third-order valence-electron chi connectivity index (χ3n) is 3.37. The van der Waals surface area contributed by atoms with Crippen LogP contribution in [0, 0.1) is 5.82 Å². The maximum atomic E-state index is 13.3. The topological polar surface area (TPSA) is 46.4 Å². The highest BCUT2D eigenvalue weighted by molar-refractivity contribution is 5.47. The fourth-order valence-corrected chi connectivity index (χ4v) is 2.24. The van der Waals surface area contributed by atoms with Gasteiger partial charge in [0.25, 0.3) is 5.56 Å². The SMILES string of the molecule is O=c1cc(CNc2ccc(F)c(C(F)(F)F)c2)nc2ccccn12. The van der Waals surface area contributed by atoms with Gasteiger partial charge in [0, 0.05) is 18.0 Å². The second kappa shape index (κ2) is 5.95. The van der Waals surface area contributed by atoms with Crippen molar-refractivity contribution in [1.82, 2.24) is 9.38 Å². The Bertz CT molecular complexity index is 950. The number of hydrogen-bond acceptors (Lipinski definition) is 3. The molecule has 0 saturated heterocycles. The maximum Gasteiger partial charge on any atom is 0.419 e. The van der Waals surface area contributed by atoms with Crippen LogP contribution in [0.1, 0.15) is 11.3 Å². The summed E-state index contributed by atoms with van der Waals surface area (Å²) in [4.78, 5) is 16.2. The Hall–Kier alpha value is -2.90. The number of anilines is 1. The van der Waals surface area contributed by atoms with Crippen LogP contribution in [0.25, 0.3) is 5.65 Å². The monoisotopic (exact) mass is 337 g/mol. The average molecular weight is 337 g/mol. The number of nitrogens with zero attached hydrogens (tertiary/aromatic N) is 2. The zero-order valence-electron chi connectivity index (χ0n) is 12.1. The molecule has 0 amide bonds. The quantitative estimate of drug-likeness (QED) is 0.745. The lowest BCUT2D eigenvalue weighted by Crippen LogP contribution is -2.16. The molecule has 4 nitrogen and oxygen atoms in total. The number of benzene rings is 1.